The van der Waals surface area contributed by atoms with E-state index < -0.39 is 0 Å². The smallest absolute Gasteiger partial charge is 0.321 e. The maximum atomic E-state index is 12.9. The average Bonchev–Trinajstić information content (AvgIpc) is 3.27. The number of hydrogen-bond donors (Lipinski definition) is 1. The Morgan fingerprint density at radius 1 is 1.25 bits per heavy atom. The predicted molar refractivity (Wildman–Crippen MR) is 105 cm³/mol. The van der Waals surface area contributed by atoms with E-state index in [1.807, 2.05) is 53.8 Å². The molecule has 1 aliphatic rings. The van der Waals surface area contributed by atoms with E-state index >= 15 is 0 Å². The maximum absolute atomic E-state index is 12.9. The summed E-state index contributed by atoms with van der Waals surface area (Å²) in [4.78, 5) is 19.1. The Balaban J connectivity index is 1.52. The molecule has 0 saturated carbocycles. The highest BCUT2D eigenvalue weighted by atomic mass is 16.5. The molecular weight excluding hydrogens is 356 g/mol. The lowest BCUT2D eigenvalue weighted by Gasteiger charge is -2.31. The number of piperidine rings is 1. The van der Waals surface area contributed by atoms with Gasteiger partial charge in [-0.2, -0.15) is 10.1 Å². The first kappa shape index (κ1) is 18.2. The van der Waals surface area contributed by atoms with E-state index in [0.29, 0.717) is 24.8 Å². The minimum Gasteiger partial charge on any atom is -0.340 e. The number of carbonyl (C=O) groups is 1. The number of rotatable bonds is 3. The SMILES string of the molecule is Cc1cc(C)n(-c2ccccc2NC(=O)N2CCC[C@@H](c3noc(C)n3)C2)n1. The van der Waals surface area contributed by atoms with E-state index in [0.717, 1.165) is 35.6 Å². The van der Waals surface area contributed by atoms with Gasteiger partial charge in [0.25, 0.3) is 0 Å². The van der Waals surface area contributed by atoms with Crippen molar-refractivity contribution < 1.29 is 9.32 Å². The number of anilines is 1. The second kappa shape index (κ2) is 7.46. The van der Waals surface area contributed by atoms with Crippen molar-refractivity contribution in [3.63, 3.8) is 0 Å². The van der Waals surface area contributed by atoms with Gasteiger partial charge in [0.2, 0.25) is 5.89 Å². The Morgan fingerprint density at radius 3 is 2.79 bits per heavy atom. The van der Waals surface area contributed by atoms with Crippen molar-refractivity contribution in [3.8, 4) is 5.69 Å². The van der Waals surface area contributed by atoms with Crippen molar-refractivity contribution in [1.82, 2.24) is 24.8 Å². The number of nitrogens with zero attached hydrogens (tertiary/aromatic N) is 5. The van der Waals surface area contributed by atoms with Gasteiger partial charge in [-0.25, -0.2) is 9.48 Å². The average molecular weight is 380 g/mol. The molecule has 0 radical (unpaired) electrons. The molecule has 146 valence electrons. The van der Waals surface area contributed by atoms with Gasteiger partial charge in [-0.1, -0.05) is 17.3 Å². The van der Waals surface area contributed by atoms with Gasteiger partial charge in [0.05, 0.1) is 17.1 Å². The van der Waals surface area contributed by atoms with Gasteiger partial charge in [-0.05, 0) is 44.9 Å². The molecule has 8 nitrogen and oxygen atoms in total. The van der Waals surface area contributed by atoms with Crippen LogP contribution in [-0.4, -0.2) is 43.9 Å². The van der Waals surface area contributed by atoms with Crippen LogP contribution in [-0.2, 0) is 0 Å². The second-order valence-corrected chi connectivity index (χ2v) is 7.24. The Morgan fingerprint density at radius 2 is 2.07 bits per heavy atom. The Labute approximate surface area is 163 Å². The third-order valence-electron chi connectivity index (χ3n) is 5.00. The van der Waals surface area contributed by atoms with Gasteiger partial charge in [0, 0.05) is 31.6 Å². The van der Waals surface area contributed by atoms with Crippen LogP contribution >= 0.6 is 0 Å². The normalized spacial score (nSPS) is 17.0. The van der Waals surface area contributed by atoms with Gasteiger partial charge < -0.3 is 14.7 Å². The molecule has 3 aromatic rings. The molecule has 1 fully saturated rings. The summed E-state index contributed by atoms with van der Waals surface area (Å²) in [6, 6.07) is 9.59. The summed E-state index contributed by atoms with van der Waals surface area (Å²) in [5, 5.41) is 11.6. The lowest BCUT2D eigenvalue weighted by atomic mass is 9.98. The summed E-state index contributed by atoms with van der Waals surface area (Å²) in [5.41, 5.74) is 3.54. The molecular formula is C20H24N6O2. The molecule has 3 heterocycles. The van der Waals surface area contributed by atoms with Gasteiger partial charge in [-0.15, -0.1) is 0 Å². The topological polar surface area (TPSA) is 89.1 Å². The molecule has 8 heteroatoms. The van der Waals surface area contributed by atoms with Crippen LogP contribution in [0.2, 0.25) is 0 Å². The molecule has 0 unspecified atom stereocenters. The molecule has 4 rings (SSSR count). The minimum atomic E-state index is -0.126. The maximum Gasteiger partial charge on any atom is 0.321 e. The molecule has 1 saturated heterocycles. The lowest BCUT2D eigenvalue weighted by Crippen LogP contribution is -2.42. The summed E-state index contributed by atoms with van der Waals surface area (Å²) in [7, 11) is 0. The number of benzene rings is 1. The molecule has 1 N–H and O–H groups in total. The van der Waals surface area contributed by atoms with E-state index in [9.17, 15) is 4.79 Å². The van der Waals surface area contributed by atoms with Gasteiger partial charge in [0.15, 0.2) is 5.82 Å². The molecule has 1 atom stereocenters. The second-order valence-electron chi connectivity index (χ2n) is 7.24. The minimum absolute atomic E-state index is 0.100. The number of likely N-dealkylation sites (tertiary alicyclic amines) is 1. The summed E-state index contributed by atoms with van der Waals surface area (Å²) < 4.78 is 6.95. The molecule has 0 bridgehead atoms. The van der Waals surface area contributed by atoms with Crippen LogP contribution in [0.25, 0.3) is 5.69 Å². The van der Waals surface area contributed by atoms with Crippen LogP contribution in [0.3, 0.4) is 0 Å². The highest BCUT2D eigenvalue weighted by molar-refractivity contribution is 5.91. The first-order valence-electron chi connectivity index (χ1n) is 9.50. The molecule has 0 spiro atoms. The predicted octanol–water partition coefficient (Wildman–Crippen LogP) is 3.59. The zero-order chi connectivity index (χ0) is 19.7. The summed E-state index contributed by atoms with van der Waals surface area (Å²) in [6.07, 6.45) is 1.86. The van der Waals surface area contributed by atoms with E-state index in [1.54, 1.807) is 6.92 Å². The summed E-state index contributed by atoms with van der Waals surface area (Å²) in [5.74, 6) is 1.33. The summed E-state index contributed by atoms with van der Waals surface area (Å²) in [6.45, 7) is 7.02. The zero-order valence-electron chi connectivity index (χ0n) is 16.3. The van der Waals surface area contributed by atoms with Crippen LogP contribution in [0.1, 0.15) is 41.9 Å². The van der Waals surface area contributed by atoms with Gasteiger partial charge >= 0.3 is 6.03 Å². The van der Waals surface area contributed by atoms with Crippen LogP contribution in [0.5, 0.6) is 0 Å². The highest BCUT2D eigenvalue weighted by Crippen LogP contribution is 2.26. The first-order valence-corrected chi connectivity index (χ1v) is 9.50. The fourth-order valence-electron chi connectivity index (χ4n) is 3.68. The fourth-order valence-corrected chi connectivity index (χ4v) is 3.68. The Bertz CT molecular complexity index is 992. The van der Waals surface area contributed by atoms with E-state index in [2.05, 4.69) is 20.6 Å². The number of amides is 2. The van der Waals surface area contributed by atoms with E-state index in [-0.39, 0.29) is 11.9 Å². The molecule has 1 aromatic carbocycles. The number of aromatic nitrogens is 4. The Hall–Kier alpha value is -3.16. The van der Waals surface area contributed by atoms with Crippen molar-refractivity contribution in [2.75, 3.05) is 18.4 Å². The van der Waals surface area contributed by atoms with E-state index in [4.69, 9.17) is 4.52 Å². The van der Waals surface area contributed by atoms with Gasteiger partial charge in [0.1, 0.15) is 0 Å². The standard InChI is InChI=1S/C20H24N6O2/c1-13-11-14(2)26(23-13)18-9-5-4-8-17(18)22-20(27)25-10-6-7-16(12-25)19-21-15(3)28-24-19/h4-5,8-9,11,16H,6-7,10,12H2,1-3H3,(H,22,27)/t16-/m1/s1. The van der Waals surface area contributed by atoms with E-state index in [1.165, 1.54) is 0 Å². The first-order chi connectivity index (χ1) is 13.5. The number of para-hydroxylation sites is 2. The van der Waals surface area contributed by atoms with Crippen LogP contribution in [0.4, 0.5) is 10.5 Å². The summed E-state index contributed by atoms with van der Waals surface area (Å²) >= 11 is 0. The van der Waals surface area contributed by atoms with Crippen molar-refractivity contribution in [1.29, 1.82) is 0 Å². The van der Waals surface area contributed by atoms with Gasteiger partial charge in [-0.3, -0.25) is 0 Å². The van der Waals surface area contributed by atoms with Crippen molar-refractivity contribution in [2.24, 2.45) is 0 Å². The fraction of sp³-hybridized carbons (Fsp3) is 0.400. The van der Waals surface area contributed by atoms with Crippen LogP contribution < -0.4 is 5.32 Å². The van der Waals surface area contributed by atoms with Crippen molar-refractivity contribution in [3.05, 3.63) is 53.4 Å². The van der Waals surface area contributed by atoms with Crippen molar-refractivity contribution in [2.45, 2.75) is 39.5 Å². The number of carbonyl (C=O) groups excluding carboxylic acids is 1. The third-order valence-corrected chi connectivity index (χ3v) is 5.00. The van der Waals surface area contributed by atoms with Crippen LogP contribution in [0.15, 0.2) is 34.9 Å². The zero-order valence-corrected chi connectivity index (χ0v) is 16.3. The molecule has 2 aromatic heterocycles. The highest BCUT2D eigenvalue weighted by Gasteiger charge is 2.28. The number of nitrogens with one attached hydrogen (secondary N) is 1. The monoisotopic (exact) mass is 380 g/mol. The Kier molecular flexibility index (Phi) is 4.85. The third kappa shape index (κ3) is 3.62. The molecule has 0 aliphatic carbocycles. The lowest BCUT2D eigenvalue weighted by molar-refractivity contribution is 0.190. The largest absolute Gasteiger partial charge is 0.340 e. The number of hydrogen-bond acceptors (Lipinski definition) is 5. The van der Waals surface area contributed by atoms with Crippen molar-refractivity contribution >= 4 is 11.7 Å². The molecule has 2 amide bonds. The number of urea groups is 1. The molecule has 28 heavy (non-hydrogen) atoms. The molecule has 1 aliphatic heterocycles. The van der Waals surface area contributed by atoms with Crippen LogP contribution in [0, 0.1) is 20.8 Å². The quantitative estimate of drug-likeness (QED) is 0.750. The number of aryl methyl sites for hydroxylation is 3.